The van der Waals surface area contributed by atoms with Crippen molar-refractivity contribution in [1.29, 1.82) is 0 Å². The number of carboxylic acid groups (broad SMARTS) is 1. The summed E-state index contributed by atoms with van der Waals surface area (Å²) in [6.07, 6.45) is 7.64. The molecule has 0 aromatic carbocycles. The second-order valence-corrected chi connectivity index (χ2v) is 7.07. The molecule has 1 N–H and O–H groups in total. The Balaban J connectivity index is 1.74. The number of hydrogen-bond acceptors (Lipinski definition) is 4. The van der Waals surface area contributed by atoms with Crippen molar-refractivity contribution in [1.82, 2.24) is 15.2 Å². The van der Waals surface area contributed by atoms with Gasteiger partial charge in [-0.25, -0.2) is 9.78 Å². The predicted molar refractivity (Wildman–Crippen MR) is 71.4 cm³/mol. The largest absolute Gasteiger partial charge is 0.476 e. The van der Waals surface area contributed by atoms with Crippen LogP contribution in [0.1, 0.15) is 60.5 Å². The smallest absolute Gasteiger partial charge is 0.358 e. The summed E-state index contributed by atoms with van der Waals surface area (Å²) in [5.41, 5.74) is 0.570. The maximum atomic E-state index is 11.0. The van der Waals surface area contributed by atoms with Gasteiger partial charge in [-0.2, -0.15) is 0 Å². The molecule has 20 heavy (non-hydrogen) atoms. The fourth-order valence-corrected chi connectivity index (χ4v) is 5.21. The molecule has 5 rings (SSSR count). The zero-order chi connectivity index (χ0) is 13.9. The van der Waals surface area contributed by atoms with Gasteiger partial charge in [-0.05, 0) is 63.2 Å². The van der Waals surface area contributed by atoms with Crippen molar-refractivity contribution < 1.29 is 9.90 Å². The van der Waals surface area contributed by atoms with Crippen LogP contribution in [0.5, 0.6) is 0 Å². The first-order valence-electron chi connectivity index (χ1n) is 7.51. The van der Waals surface area contributed by atoms with E-state index in [1.807, 2.05) is 0 Å². The molecule has 1 aromatic heterocycles. The van der Waals surface area contributed by atoms with Gasteiger partial charge in [0.2, 0.25) is 0 Å². The summed E-state index contributed by atoms with van der Waals surface area (Å²) < 4.78 is 0. The quantitative estimate of drug-likeness (QED) is 0.895. The minimum Gasteiger partial charge on any atom is -0.476 e. The van der Waals surface area contributed by atoms with Gasteiger partial charge in [0.25, 0.3) is 0 Å². The van der Waals surface area contributed by atoms with Gasteiger partial charge in [0.15, 0.2) is 11.5 Å². The third kappa shape index (κ3) is 1.68. The van der Waals surface area contributed by atoms with Gasteiger partial charge in [0.1, 0.15) is 0 Å². The number of carboxylic acids is 1. The molecule has 0 atom stereocenters. The number of aryl methyl sites for hydroxylation is 1. The molecule has 4 aliphatic rings. The van der Waals surface area contributed by atoms with Crippen molar-refractivity contribution in [3.8, 4) is 0 Å². The maximum absolute atomic E-state index is 11.0. The Hall–Kier alpha value is -1.52. The minimum absolute atomic E-state index is 0.0153. The van der Waals surface area contributed by atoms with E-state index in [-0.39, 0.29) is 11.1 Å². The summed E-state index contributed by atoms with van der Waals surface area (Å²) in [7, 11) is 0. The highest BCUT2D eigenvalue weighted by Crippen LogP contribution is 2.60. The highest BCUT2D eigenvalue weighted by molar-refractivity contribution is 5.86. The topological polar surface area (TPSA) is 76.0 Å². The Kier molecular flexibility index (Phi) is 2.44. The summed E-state index contributed by atoms with van der Waals surface area (Å²) in [5, 5.41) is 17.2. The van der Waals surface area contributed by atoms with Gasteiger partial charge in [-0.15, -0.1) is 10.2 Å². The number of aromatic carboxylic acids is 1. The Morgan fingerprint density at radius 1 is 1.10 bits per heavy atom. The van der Waals surface area contributed by atoms with Crippen LogP contribution in [0.4, 0.5) is 0 Å². The van der Waals surface area contributed by atoms with Gasteiger partial charge < -0.3 is 5.11 Å². The second-order valence-electron chi connectivity index (χ2n) is 7.07. The summed E-state index contributed by atoms with van der Waals surface area (Å²) in [6, 6.07) is 0. The molecule has 0 amide bonds. The lowest BCUT2D eigenvalue weighted by molar-refractivity contribution is -0.0100. The highest BCUT2D eigenvalue weighted by atomic mass is 16.4. The molecule has 4 fully saturated rings. The van der Waals surface area contributed by atoms with Gasteiger partial charge in [-0.3, -0.25) is 0 Å². The first kappa shape index (κ1) is 12.2. The van der Waals surface area contributed by atoms with E-state index >= 15 is 0 Å². The standard InChI is InChI=1S/C15H19N3O2/c1-8-12(13(19)20)17-18-14(16-8)15-5-9-2-10(6-15)4-11(3-9)7-15/h9-11H,2-7H2,1H3,(H,19,20). The summed E-state index contributed by atoms with van der Waals surface area (Å²) in [6.45, 7) is 1.72. The van der Waals surface area contributed by atoms with Crippen LogP contribution in [0, 0.1) is 24.7 Å². The molecule has 4 aliphatic carbocycles. The molecule has 0 aliphatic heterocycles. The molecule has 0 saturated heterocycles. The molecule has 0 spiro atoms. The van der Waals surface area contributed by atoms with Crippen LogP contribution in [0.15, 0.2) is 0 Å². The first-order chi connectivity index (χ1) is 9.56. The van der Waals surface area contributed by atoms with Crippen molar-refractivity contribution in [2.45, 2.75) is 50.9 Å². The lowest BCUT2D eigenvalue weighted by Gasteiger charge is -2.55. The summed E-state index contributed by atoms with van der Waals surface area (Å²) in [5.74, 6) is 2.23. The number of rotatable bonds is 2. The van der Waals surface area contributed by atoms with Gasteiger partial charge in [0.05, 0.1) is 5.69 Å². The molecule has 0 unspecified atom stereocenters. The fraction of sp³-hybridized carbons (Fsp3) is 0.733. The molecule has 4 bridgehead atoms. The van der Waals surface area contributed by atoms with Crippen LogP contribution < -0.4 is 0 Å². The van der Waals surface area contributed by atoms with Crippen molar-refractivity contribution in [2.75, 3.05) is 0 Å². The molecule has 1 aromatic rings. The monoisotopic (exact) mass is 273 g/mol. The minimum atomic E-state index is -1.04. The first-order valence-corrected chi connectivity index (χ1v) is 7.51. The van der Waals surface area contributed by atoms with E-state index in [1.165, 1.54) is 38.5 Å². The molecular formula is C15H19N3O2. The SMILES string of the molecule is Cc1nc(C23CC4CC(CC(C4)C2)C3)nnc1C(=O)O. The Labute approximate surface area is 117 Å². The summed E-state index contributed by atoms with van der Waals surface area (Å²) >= 11 is 0. The van der Waals surface area contributed by atoms with E-state index in [0.717, 1.165) is 23.6 Å². The molecule has 0 radical (unpaired) electrons. The normalized spacial score (nSPS) is 38.1. The van der Waals surface area contributed by atoms with E-state index in [1.54, 1.807) is 6.92 Å². The van der Waals surface area contributed by atoms with Crippen molar-refractivity contribution in [3.63, 3.8) is 0 Å². The predicted octanol–water partition coefficient (Wildman–Crippen LogP) is 2.35. The van der Waals surface area contributed by atoms with Crippen LogP contribution in [-0.2, 0) is 5.41 Å². The van der Waals surface area contributed by atoms with Crippen LogP contribution in [0.2, 0.25) is 0 Å². The van der Waals surface area contributed by atoms with Gasteiger partial charge >= 0.3 is 5.97 Å². The Bertz CT molecular complexity index is 549. The van der Waals surface area contributed by atoms with Crippen LogP contribution in [-0.4, -0.2) is 26.3 Å². The van der Waals surface area contributed by atoms with E-state index < -0.39 is 5.97 Å². The van der Waals surface area contributed by atoms with E-state index in [9.17, 15) is 4.79 Å². The van der Waals surface area contributed by atoms with E-state index in [2.05, 4.69) is 15.2 Å². The number of nitrogens with zero attached hydrogens (tertiary/aromatic N) is 3. The zero-order valence-electron chi connectivity index (χ0n) is 11.7. The fourth-order valence-electron chi connectivity index (χ4n) is 5.21. The zero-order valence-corrected chi connectivity index (χ0v) is 11.7. The number of hydrogen-bond donors (Lipinski definition) is 1. The molecule has 5 nitrogen and oxygen atoms in total. The lowest BCUT2D eigenvalue weighted by atomic mass is 9.49. The highest BCUT2D eigenvalue weighted by Gasteiger charge is 2.53. The maximum Gasteiger partial charge on any atom is 0.358 e. The molecule has 4 saturated carbocycles. The lowest BCUT2D eigenvalue weighted by Crippen LogP contribution is -2.49. The van der Waals surface area contributed by atoms with E-state index in [0.29, 0.717) is 5.69 Å². The average molecular weight is 273 g/mol. The third-order valence-electron chi connectivity index (χ3n) is 5.58. The van der Waals surface area contributed by atoms with Crippen molar-refractivity contribution >= 4 is 5.97 Å². The van der Waals surface area contributed by atoms with Crippen molar-refractivity contribution in [3.05, 3.63) is 17.2 Å². The van der Waals surface area contributed by atoms with Crippen LogP contribution in [0.25, 0.3) is 0 Å². The summed E-state index contributed by atoms with van der Waals surface area (Å²) in [4.78, 5) is 15.6. The Morgan fingerprint density at radius 2 is 1.65 bits per heavy atom. The van der Waals surface area contributed by atoms with Crippen molar-refractivity contribution in [2.24, 2.45) is 17.8 Å². The number of aromatic nitrogens is 3. The second kappa shape index (κ2) is 3.99. The molecular weight excluding hydrogens is 254 g/mol. The van der Waals surface area contributed by atoms with E-state index in [4.69, 9.17) is 5.11 Å². The molecule has 106 valence electrons. The van der Waals surface area contributed by atoms with Crippen LogP contribution in [0.3, 0.4) is 0 Å². The Morgan fingerprint density at radius 3 is 2.10 bits per heavy atom. The van der Waals surface area contributed by atoms with Gasteiger partial charge in [-0.1, -0.05) is 0 Å². The van der Waals surface area contributed by atoms with Gasteiger partial charge in [0, 0.05) is 5.41 Å². The molecule has 5 heteroatoms. The molecule has 1 heterocycles. The third-order valence-corrected chi connectivity index (χ3v) is 5.58. The average Bonchev–Trinajstić information content (AvgIpc) is 2.36. The number of carbonyl (C=O) groups is 1. The van der Waals surface area contributed by atoms with Crippen LogP contribution >= 0.6 is 0 Å².